The summed E-state index contributed by atoms with van der Waals surface area (Å²) in [7, 11) is 0. The Kier molecular flexibility index (Phi) is 3.10. The number of benzene rings is 1. The summed E-state index contributed by atoms with van der Waals surface area (Å²) in [6.45, 7) is 1.96. The summed E-state index contributed by atoms with van der Waals surface area (Å²) in [5.74, 6) is 0.434. The first-order valence-electron chi connectivity index (χ1n) is 5.14. The van der Waals surface area contributed by atoms with Crippen LogP contribution in [0.3, 0.4) is 0 Å². The Hall–Kier alpha value is -1.55. The lowest BCUT2D eigenvalue weighted by molar-refractivity contribution is -0.116. The number of imidazole rings is 1. The maximum Gasteiger partial charge on any atom is 0.226 e. The van der Waals surface area contributed by atoms with Crippen LogP contribution in [0.4, 0.5) is 5.95 Å². The van der Waals surface area contributed by atoms with Gasteiger partial charge < -0.3 is 4.98 Å². The quantitative estimate of drug-likeness (QED) is 0.862. The van der Waals surface area contributed by atoms with Crippen molar-refractivity contribution in [2.45, 2.75) is 19.8 Å². The molecule has 0 saturated carbocycles. The fraction of sp³-hybridized carbons (Fsp3) is 0.273. The second kappa shape index (κ2) is 4.53. The molecular weight excluding hydrogens is 226 g/mol. The van der Waals surface area contributed by atoms with Crippen molar-refractivity contribution < 1.29 is 4.79 Å². The molecule has 2 aromatic rings. The zero-order valence-corrected chi connectivity index (χ0v) is 9.64. The van der Waals surface area contributed by atoms with Crippen LogP contribution in [-0.2, 0) is 4.79 Å². The van der Waals surface area contributed by atoms with Crippen molar-refractivity contribution in [1.82, 2.24) is 9.97 Å². The Morgan fingerprint density at radius 3 is 3.12 bits per heavy atom. The van der Waals surface area contributed by atoms with Crippen molar-refractivity contribution in [3.8, 4) is 0 Å². The SMILES string of the molecule is CCCC(=O)Nc1nc2ccc(Cl)cc2[nH]1. The standard InChI is InChI=1S/C11H12ClN3O/c1-2-3-10(16)15-11-13-8-5-4-7(12)6-9(8)14-11/h4-6H,2-3H2,1H3,(H2,13,14,15,16). The minimum absolute atomic E-state index is 0.0346. The summed E-state index contributed by atoms with van der Waals surface area (Å²) in [5, 5.41) is 3.34. The fourth-order valence-electron chi connectivity index (χ4n) is 1.46. The van der Waals surface area contributed by atoms with Gasteiger partial charge in [0, 0.05) is 11.4 Å². The molecule has 0 aliphatic rings. The van der Waals surface area contributed by atoms with E-state index in [1.54, 1.807) is 12.1 Å². The molecule has 1 amide bonds. The zero-order valence-electron chi connectivity index (χ0n) is 8.88. The number of nitrogens with zero attached hydrogens (tertiary/aromatic N) is 1. The molecule has 0 aliphatic heterocycles. The lowest BCUT2D eigenvalue weighted by Gasteiger charge is -1.97. The average Bonchev–Trinajstić information content (AvgIpc) is 2.59. The number of anilines is 1. The number of hydrogen-bond acceptors (Lipinski definition) is 2. The summed E-state index contributed by atoms with van der Waals surface area (Å²) in [6, 6.07) is 5.35. The third-order valence-electron chi connectivity index (χ3n) is 2.18. The normalized spacial score (nSPS) is 10.6. The molecule has 0 fully saturated rings. The largest absolute Gasteiger partial charge is 0.324 e. The molecule has 0 bridgehead atoms. The Labute approximate surface area is 98.0 Å². The molecule has 4 nitrogen and oxygen atoms in total. The Bertz CT molecular complexity index is 521. The number of carbonyl (C=O) groups excluding carboxylic acids is 1. The molecule has 0 radical (unpaired) electrons. The van der Waals surface area contributed by atoms with Gasteiger partial charge in [-0.05, 0) is 24.6 Å². The predicted octanol–water partition coefficient (Wildman–Crippen LogP) is 2.95. The predicted molar refractivity (Wildman–Crippen MR) is 64.6 cm³/mol. The van der Waals surface area contributed by atoms with Crippen molar-refractivity contribution >= 4 is 34.5 Å². The number of fused-ring (bicyclic) bond motifs is 1. The number of rotatable bonds is 3. The first kappa shape index (κ1) is 11.0. The Morgan fingerprint density at radius 1 is 1.56 bits per heavy atom. The summed E-state index contributed by atoms with van der Waals surface area (Å²) in [6.07, 6.45) is 1.32. The van der Waals surface area contributed by atoms with Crippen LogP contribution in [0.5, 0.6) is 0 Å². The molecule has 2 rings (SSSR count). The molecule has 84 valence electrons. The van der Waals surface area contributed by atoms with Crippen LogP contribution in [0, 0.1) is 0 Å². The highest BCUT2D eigenvalue weighted by Crippen LogP contribution is 2.18. The third-order valence-corrected chi connectivity index (χ3v) is 2.41. The maximum absolute atomic E-state index is 11.4. The maximum atomic E-state index is 11.4. The van der Waals surface area contributed by atoms with Gasteiger partial charge in [-0.3, -0.25) is 10.1 Å². The van der Waals surface area contributed by atoms with Crippen molar-refractivity contribution in [1.29, 1.82) is 0 Å². The second-order valence-electron chi connectivity index (χ2n) is 3.55. The van der Waals surface area contributed by atoms with Gasteiger partial charge in [0.1, 0.15) is 0 Å². The zero-order chi connectivity index (χ0) is 11.5. The van der Waals surface area contributed by atoms with E-state index < -0.39 is 0 Å². The van der Waals surface area contributed by atoms with Crippen molar-refractivity contribution in [3.63, 3.8) is 0 Å². The van der Waals surface area contributed by atoms with Gasteiger partial charge >= 0.3 is 0 Å². The third kappa shape index (κ3) is 2.33. The van der Waals surface area contributed by atoms with Crippen LogP contribution in [0.2, 0.25) is 5.02 Å². The van der Waals surface area contributed by atoms with E-state index in [-0.39, 0.29) is 5.91 Å². The van der Waals surface area contributed by atoms with Crippen LogP contribution in [0.25, 0.3) is 11.0 Å². The molecule has 2 N–H and O–H groups in total. The summed E-state index contributed by atoms with van der Waals surface area (Å²) in [5.41, 5.74) is 1.61. The molecule has 0 atom stereocenters. The number of carbonyl (C=O) groups is 1. The van der Waals surface area contributed by atoms with Gasteiger partial charge in [0.15, 0.2) is 0 Å². The van der Waals surface area contributed by atoms with Crippen LogP contribution < -0.4 is 5.32 Å². The van der Waals surface area contributed by atoms with E-state index in [4.69, 9.17) is 11.6 Å². The summed E-state index contributed by atoms with van der Waals surface area (Å²) < 4.78 is 0. The first-order valence-corrected chi connectivity index (χ1v) is 5.52. The lowest BCUT2D eigenvalue weighted by Crippen LogP contribution is -2.11. The van der Waals surface area contributed by atoms with Crippen LogP contribution >= 0.6 is 11.6 Å². The van der Waals surface area contributed by atoms with E-state index in [1.807, 2.05) is 13.0 Å². The molecule has 0 aliphatic carbocycles. The number of nitrogens with one attached hydrogen (secondary N) is 2. The molecular formula is C11H12ClN3O. The van der Waals surface area contributed by atoms with E-state index in [2.05, 4.69) is 15.3 Å². The molecule has 0 unspecified atom stereocenters. The number of aromatic amines is 1. The van der Waals surface area contributed by atoms with Crippen molar-refractivity contribution in [2.75, 3.05) is 5.32 Å². The fourth-order valence-corrected chi connectivity index (χ4v) is 1.63. The minimum Gasteiger partial charge on any atom is -0.324 e. The van der Waals surface area contributed by atoms with Crippen LogP contribution in [0.1, 0.15) is 19.8 Å². The smallest absolute Gasteiger partial charge is 0.226 e. The summed E-state index contributed by atoms with van der Waals surface area (Å²) in [4.78, 5) is 18.6. The van der Waals surface area contributed by atoms with Crippen molar-refractivity contribution in [2.24, 2.45) is 0 Å². The molecule has 0 saturated heterocycles. The van der Waals surface area contributed by atoms with E-state index in [1.165, 1.54) is 0 Å². The average molecular weight is 238 g/mol. The van der Waals surface area contributed by atoms with Gasteiger partial charge in [-0.2, -0.15) is 0 Å². The molecule has 5 heteroatoms. The number of hydrogen-bond donors (Lipinski definition) is 2. The van der Waals surface area contributed by atoms with E-state index in [0.717, 1.165) is 17.5 Å². The van der Waals surface area contributed by atoms with Crippen molar-refractivity contribution in [3.05, 3.63) is 23.2 Å². The molecule has 16 heavy (non-hydrogen) atoms. The van der Waals surface area contributed by atoms with E-state index in [9.17, 15) is 4.79 Å². The Balaban J connectivity index is 2.23. The highest BCUT2D eigenvalue weighted by Gasteiger charge is 2.06. The van der Waals surface area contributed by atoms with E-state index >= 15 is 0 Å². The van der Waals surface area contributed by atoms with Gasteiger partial charge in [0.25, 0.3) is 0 Å². The molecule has 1 heterocycles. The number of amides is 1. The van der Waals surface area contributed by atoms with E-state index in [0.29, 0.717) is 17.4 Å². The van der Waals surface area contributed by atoms with Gasteiger partial charge in [-0.25, -0.2) is 4.98 Å². The monoisotopic (exact) mass is 237 g/mol. The first-order chi connectivity index (χ1) is 7.69. The van der Waals surface area contributed by atoms with Gasteiger partial charge in [-0.15, -0.1) is 0 Å². The highest BCUT2D eigenvalue weighted by molar-refractivity contribution is 6.31. The summed E-state index contributed by atoms with van der Waals surface area (Å²) >= 11 is 5.85. The Morgan fingerprint density at radius 2 is 2.38 bits per heavy atom. The molecule has 1 aromatic carbocycles. The number of H-pyrrole nitrogens is 1. The molecule has 1 aromatic heterocycles. The van der Waals surface area contributed by atoms with Crippen LogP contribution in [-0.4, -0.2) is 15.9 Å². The number of aromatic nitrogens is 2. The topological polar surface area (TPSA) is 57.8 Å². The van der Waals surface area contributed by atoms with Crippen LogP contribution in [0.15, 0.2) is 18.2 Å². The van der Waals surface area contributed by atoms with Gasteiger partial charge in [-0.1, -0.05) is 18.5 Å². The van der Waals surface area contributed by atoms with Gasteiger partial charge in [0.05, 0.1) is 11.0 Å². The highest BCUT2D eigenvalue weighted by atomic mass is 35.5. The number of halogens is 1. The molecule has 0 spiro atoms. The second-order valence-corrected chi connectivity index (χ2v) is 3.98. The van der Waals surface area contributed by atoms with Gasteiger partial charge in [0.2, 0.25) is 11.9 Å². The lowest BCUT2D eigenvalue weighted by atomic mass is 10.3. The minimum atomic E-state index is -0.0346.